The smallest absolute Gasteiger partial charge is 0.247 e. The average Bonchev–Trinajstić information content (AvgIpc) is 3.16. The summed E-state index contributed by atoms with van der Waals surface area (Å²) in [6.07, 6.45) is 5.14. The van der Waals surface area contributed by atoms with Gasteiger partial charge in [-0.2, -0.15) is 0 Å². The molecule has 0 spiro atoms. The molecule has 2 aromatic rings. The fraction of sp³-hybridized carbons (Fsp3) is 0.286. The number of methoxy groups -OCH3 is 2. The molecule has 1 atom stereocenters. The van der Waals surface area contributed by atoms with Gasteiger partial charge < -0.3 is 14.4 Å². The molecule has 0 aliphatic carbocycles. The molecule has 136 valence electrons. The molecule has 3 rings (SSSR count). The molecule has 0 saturated carbocycles. The molecule has 1 aliphatic rings. The number of amides is 1. The minimum absolute atomic E-state index is 0.00878. The maximum atomic E-state index is 13.2. The van der Waals surface area contributed by atoms with Crippen molar-refractivity contribution in [1.29, 1.82) is 0 Å². The Bertz CT molecular complexity index is 801. The zero-order chi connectivity index (χ0) is 18.5. The lowest BCUT2D eigenvalue weighted by Crippen LogP contribution is -2.28. The summed E-state index contributed by atoms with van der Waals surface area (Å²) in [6, 6.07) is 11.8. The quantitative estimate of drug-likeness (QED) is 0.754. The van der Waals surface area contributed by atoms with Gasteiger partial charge in [0, 0.05) is 24.3 Å². The Morgan fingerprint density at radius 3 is 2.62 bits per heavy atom. The summed E-state index contributed by atoms with van der Waals surface area (Å²) in [5.41, 5.74) is 1.77. The lowest BCUT2D eigenvalue weighted by atomic mass is 10.0. The van der Waals surface area contributed by atoms with Crippen molar-refractivity contribution >= 4 is 12.0 Å². The van der Waals surface area contributed by atoms with Crippen LogP contribution in [0.2, 0.25) is 0 Å². The van der Waals surface area contributed by atoms with Crippen molar-refractivity contribution < 1.29 is 18.7 Å². The minimum atomic E-state index is -0.267. The zero-order valence-corrected chi connectivity index (χ0v) is 14.9. The predicted octanol–water partition coefficient (Wildman–Crippen LogP) is 4.22. The molecule has 1 heterocycles. The maximum Gasteiger partial charge on any atom is 0.247 e. The van der Waals surface area contributed by atoms with E-state index in [1.54, 1.807) is 44.6 Å². The van der Waals surface area contributed by atoms with Crippen LogP contribution < -0.4 is 9.47 Å². The van der Waals surface area contributed by atoms with E-state index < -0.39 is 0 Å². The molecule has 2 aromatic carbocycles. The van der Waals surface area contributed by atoms with Gasteiger partial charge in [0.2, 0.25) is 5.91 Å². The Hall–Kier alpha value is -2.82. The number of likely N-dealkylation sites (tertiary alicyclic amines) is 1. The van der Waals surface area contributed by atoms with Crippen molar-refractivity contribution in [2.45, 2.75) is 18.9 Å². The number of hydrogen-bond acceptors (Lipinski definition) is 3. The van der Waals surface area contributed by atoms with Crippen LogP contribution in [0.3, 0.4) is 0 Å². The van der Waals surface area contributed by atoms with Gasteiger partial charge in [0.1, 0.15) is 17.3 Å². The van der Waals surface area contributed by atoms with Crippen LogP contribution >= 0.6 is 0 Å². The molecule has 1 saturated heterocycles. The Kier molecular flexibility index (Phi) is 5.56. The first-order valence-corrected chi connectivity index (χ1v) is 8.58. The fourth-order valence-electron chi connectivity index (χ4n) is 3.27. The molecule has 0 bridgehead atoms. The number of rotatable bonds is 5. The van der Waals surface area contributed by atoms with E-state index in [4.69, 9.17) is 9.47 Å². The first-order chi connectivity index (χ1) is 12.6. The summed E-state index contributed by atoms with van der Waals surface area (Å²) in [6.45, 7) is 0.699. The lowest BCUT2D eigenvalue weighted by molar-refractivity contribution is -0.126. The molecular formula is C21H22FNO3. The molecule has 5 heteroatoms. The van der Waals surface area contributed by atoms with Crippen LogP contribution in [0, 0.1) is 5.82 Å². The standard InChI is InChI=1S/C21H22FNO3/c1-25-18-11-7-16(20(14-18)26-2)8-12-21(24)23-13-3-4-19(23)15-5-9-17(22)10-6-15/h5-12,14,19H,3-4,13H2,1-2H3/b12-8+. The van der Waals surface area contributed by atoms with Crippen LogP contribution in [0.25, 0.3) is 6.08 Å². The van der Waals surface area contributed by atoms with Gasteiger partial charge in [0.15, 0.2) is 0 Å². The van der Waals surface area contributed by atoms with E-state index in [-0.39, 0.29) is 17.8 Å². The first-order valence-electron chi connectivity index (χ1n) is 8.58. The normalized spacial score (nSPS) is 16.9. The van der Waals surface area contributed by atoms with Crippen LogP contribution in [0.4, 0.5) is 4.39 Å². The largest absolute Gasteiger partial charge is 0.497 e. The summed E-state index contributed by atoms with van der Waals surface area (Å²) in [4.78, 5) is 14.5. The van der Waals surface area contributed by atoms with Crippen LogP contribution in [-0.4, -0.2) is 31.6 Å². The Balaban J connectivity index is 1.76. The van der Waals surface area contributed by atoms with Crippen molar-refractivity contribution in [3.05, 3.63) is 65.5 Å². The summed E-state index contributed by atoms with van der Waals surface area (Å²) in [5.74, 6) is 1.01. The Morgan fingerprint density at radius 1 is 1.15 bits per heavy atom. The number of benzene rings is 2. The fourth-order valence-corrected chi connectivity index (χ4v) is 3.27. The topological polar surface area (TPSA) is 38.8 Å². The summed E-state index contributed by atoms with van der Waals surface area (Å²) >= 11 is 0. The van der Waals surface area contributed by atoms with E-state index in [0.717, 1.165) is 24.0 Å². The number of carbonyl (C=O) groups excluding carboxylic acids is 1. The van der Waals surface area contributed by atoms with Gasteiger partial charge in [-0.05, 0) is 48.7 Å². The first kappa shape index (κ1) is 18.0. The highest BCUT2D eigenvalue weighted by Gasteiger charge is 2.28. The van der Waals surface area contributed by atoms with E-state index in [0.29, 0.717) is 18.0 Å². The summed E-state index contributed by atoms with van der Waals surface area (Å²) < 4.78 is 23.7. The number of nitrogens with zero attached hydrogens (tertiary/aromatic N) is 1. The van der Waals surface area contributed by atoms with Gasteiger partial charge in [0.05, 0.1) is 20.3 Å². The van der Waals surface area contributed by atoms with E-state index in [1.165, 1.54) is 12.1 Å². The van der Waals surface area contributed by atoms with Crippen molar-refractivity contribution in [2.75, 3.05) is 20.8 Å². The van der Waals surface area contributed by atoms with Crippen LogP contribution in [0.1, 0.15) is 30.0 Å². The third kappa shape index (κ3) is 3.87. The summed E-state index contributed by atoms with van der Waals surface area (Å²) in [7, 11) is 3.18. The van der Waals surface area contributed by atoms with Gasteiger partial charge in [-0.3, -0.25) is 4.79 Å². The van der Waals surface area contributed by atoms with Gasteiger partial charge in [0.25, 0.3) is 0 Å². The molecule has 0 N–H and O–H groups in total. The van der Waals surface area contributed by atoms with Crippen LogP contribution in [0.15, 0.2) is 48.5 Å². The summed E-state index contributed by atoms with van der Waals surface area (Å²) in [5, 5.41) is 0. The molecule has 0 radical (unpaired) electrons. The van der Waals surface area contributed by atoms with E-state index in [9.17, 15) is 9.18 Å². The van der Waals surface area contributed by atoms with E-state index in [2.05, 4.69) is 0 Å². The minimum Gasteiger partial charge on any atom is -0.497 e. The van der Waals surface area contributed by atoms with Crippen LogP contribution in [-0.2, 0) is 4.79 Å². The molecule has 26 heavy (non-hydrogen) atoms. The SMILES string of the molecule is COc1ccc(/C=C/C(=O)N2CCCC2c2ccc(F)cc2)c(OC)c1. The Morgan fingerprint density at radius 2 is 1.92 bits per heavy atom. The van der Waals surface area contributed by atoms with Gasteiger partial charge in [-0.15, -0.1) is 0 Å². The van der Waals surface area contributed by atoms with Gasteiger partial charge in [-0.25, -0.2) is 4.39 Å². The lowest BCUT2D eigenvalue weighted by Gasteiger charge is -2.24. The van der Waals surface area contributed by atoms with E-state index in [1.807, 2.05) is 17.0 Å². The Labute approximate surface area is 152 Å². The van der Waals surface area contributed by atoms with Gasteiger partial charge >= 0.3 is 0 Å². The molecule has 1 fully saturated rings. The van der Waals surface area contributed by atoms with Crippen LogP contribution in [0.5, 0.6) is 11.5 Å². The number of ether oxygens (including phenoxy) is 2. The van der Waals surface area contributed by atoms with Crippen molar-refractivity contribution in [2.24, 2.45) is 0 Å². The second-order valence-corrected chi connectivity index (χ2v) is 6.18. The third-order valence-electron chi connectivity index (χ3n) is 4.64. The molecular weight excluding hydrogens is 333 g/mol. The second-order valence-electron chi connectivity index (χ2n) is 6.18. The molecule has 1 amide bonds. The molecule has 1 unspecified atom stereocenters. The average molecular weight is 355 g/mol. The van der Waals surface area contributed by atoms with Crippen molar-refractivity contribution in [3.63, 3.8) is 0 Å². The molecule has 4 nitrogen and oxygen atoms in total. The number of halogens is 1. The highest BCUT2D eigenvalue weighted by atomic mass is 19.1. The highest BCUT2D eigenvalue weighted by molar-refractivity contribution is 5.92. The monoisotopic (exact) mass is 355 g/mol. The van der Waals surface area contributed by atoms with Crippen molar-refractivity contribution in [1.82, 2.24) is 4.90 Å². The van der Waals surface area contributed by atoms with Crippen molar-refractivity contribution in [3.8, 4) is 11.5 Å². The third-order valence-corrected chi connectivity index (χ3v) is 4.64. The maximum absolute atomic E-state index is 13.2. The zero-order valence-electron chi connectivity index (χ0n) is 14.9. The number of hydrogen-bond donors (Lipinski definition) is 0. The molecule has 1 aliphatic heterocycles. The number of carbonyl (C=O) groups is 1. The van der Waals surface area contributed by atoms with E-state index >= 15 is 0 Å². The molecule has 0 aromatic heterocycles. The highest BCUT2D eigenvalue weighted by Crippen LogP contribution is 2.32. The predicted molar refractivity (Wildman–Crippen MR) is 98.7 cm³/mol. The second kappa shape index (κ2) is 8.04. The van der Waals surface area contributed by atoms with Gasteiger partial charge in [-0.1, -0.05) is 12.1 Å².